The van der Waals surface area contributed by atoms with Crippen LogP contribution in [0.5, 0.6) is 0 Å². The van der Waals surface area contributed by atoms with Gasteiger partial charge < -0.3 is 5.11 Å². The molecule has 0 saturated heterocycles. The maximum Gasteiger partial charge on any atom is 0.336 e. The van der Waals surface area contributed by atoms with Crippen molar-refractivity contribution in [2.45, 2.75) is 10.6 Å². The second-order valence-corrected chi connectivity index (χ2v) is 5.36. The van der Waals surface area contributed by atoms with Gasteiger partial charge in [0.05, 0.1) is 18.4 Å². The Hall–Kier alpha value is -1.41. The van der Waals surface area contributed by atoms with Crippen LogP contribution in [0.25, 0.3) is 0 Å². The van der Waals surface area contributed by atoms with Crippen molar-refractivity contribution >= 4 is 33.7 Å². The maximum absolute atomic E-state index is 11.1. The third-order valence-corrected chi connectivity index (χ3v) is 3.63. The lowest BCUT2D eigenvalue weighted by Gasteiger charge is -2.04. The number of thioether (sulfide) groups is 1. The van der Waals surface area contributed by atoms with E-state index in [2.05, 4.69) is 31.3 Å². The van der Waals surface area contributed by atoms with Gasteiger partial charge in [-0.2, -0.15) is 4.80 Å². The molecule has 94 valence electrons. The first-order valence-electron chi connectivity index (χ1n) is 4.95. The normalized spacial score (nSPS) is 10.6. The van der Waals surface area contributed by atoms with Gasteiger partial charge in [0.25, 0.3) is 0 Å². The first-order valence-corrected chi connectivity index (χ1v) is 6.72. The average molecular weight is 329 g/mol. The van der Waals surface area contributed by atoms with Gasteiger partial charge >= 0.3 is 5.97 Å². The Morgan fingerprint density at radius 1 is 1.56 bits per heavy atom. The summed E-state index contributed by atoms with van der Waals surface area (Å²) in [6, 6.07) is 5.04. The number of hydrogen-bond acceptors (Lipinski definition) is 5. The minimum absolute atomic E-state index is 0.270. The first-order chi connectivity index (χ1) is 8.56. The predicted molar refractivity (Wildman–Crippen MR) is 69.5 cm³/mol. The number of aromatic carboxylic acids is 1. The summed E-state index contributed by atoms with van der Waals surface area (Å²) in [5.74, 6) is 0.0980. The molecule has 0 aliphatic rings. The summed E-state index contributed by atoms with van der Waals surface area (Å²) in [6.45, 7) is 0. The maximum atomic E-state index is 11.1. The molecule has 1 aromatic heterocycles. The Kier molecular flexibility index (Phi) is 3.97. The largest absolute Gasteiger partial charge is 0.478 e. The number of benzene rings is 1. The molecule has 1 heterocycles. The molecule has 0 atom stereocenters. The number of aryl methyl sites for hydroxylation is 1. The van der Waals surface area contributed by atoms with Crippen LogP contribution in [0, 0.1) is 0 Å². The summed E-state index contributed by atoms with van der Waals surface area (Å²) in [6.07, 6.45) is 0. The van der Waals surface area contributed by atoms with Gasteiger partial charge in [-0.3, -0.25) is 0 Å². The first kappa shape index (κ1) is 13.0. The lowest BCUT2D eigenvalue weighted by Crippen LogP contribution is -1.99. The summed E-state index contributed by atoms with van der Waals surface area (Å²) >= 11 is 4.69. The number of aromatic nitrogens is 4. The van der Waals surface area contributed by atoms with Gasteiger partial charge in [0, 0.05) is 9.37 Å². The summed E-state index contributed by atoms with van der Waals surface area (Å²) in [7, 11) is 1.68. The predicted octanol–water partition coefficient (Wildman–Crippen LogP) is 1.96. The zero-order chi connectivity index (χ0) is 13.1. The Labute approximate surface area is 116 Å². The van der Waals surface area contributed by atoms with Crippen molar-refractivity contribution < 1.29 is 9.90 Å². The topological polar surface area (TPSA) is 80.9 Å². The van der Waals surface area contributed by atoms with Crippen molar-refractivity contribution in [3.05, 3.63) is 34.1 Å². The number of halogens is 1. The van der Waals surface area contributed by atoms with Crippen molar-refractivity contribution in [3.8, 4) is 0 Å². The van der Waals surface area contributed by atoms with Crippen LogP contribution in [-0.4, -0.2) is 31.3 Å². The fourth-order valence-corrected chi connectivity index (χ4v) is 2.75. The quantitative estimate of drug-likeness (QED) is 0.864. The minimum Gasteiger partial charge on any atom is -0.478 e. The lowest BCUT2D eigenvalue weighted by molar-refractivity contribution is 0.0693. The van der Waals surface area contributed by atoms with Gasteiger partial charge in [-0.15, -0.1) is 22.0 Å². The van der Waals surface area contributed by atoms with Crippen molar-refractivity contribution in [3.63, 3.8) is 0 Å². The number of rotatable bonds is 4. The highest BCUT2D eigenvalue weighted by atomic mass is 79.9. The highest BCUT2D eigenvalue weighted by Gasteiger charge is 2.12. The zero-order valence-electron chi connectivity index (χ0n) is 9.37. The van der Waals surface area contributed by atoms with Gasteiger partial charge in [0.15, 0.2) is 5.82 Å². The van der Waals surface area contributed by atoms with Crippen LogP contribution in [0.2, 0.25) is 0 Å². The molecule has 18 heavy (non-hydrogen) atoms. The van der Waals surface area contributed by atoms with Gasteiger partial charge in [-0.25, -0.2) is 4.79 Å². The average Bonchev–Trinajstić information content (AvgIpc) is 2.72. The van der Waals surface area contributed by atoms with Crippen LogP contribution in [0.3, 0.4) is 0 Å². The molecule has 0 radical (unpaired) electrons. The van der Waals surface area contributed by atoms with Crippen LogP contribution in [-0.2, 0) is 12.8 Å². The molecule has 1 N–H and O–H groups in total. The molecule has 2 rings (SSSR count). The fourth-order valence-electron chi connectivity index (χ4n) is 1.32. The fraction of sp³-hybridized carbons (Fsp3) is 0.200. The highest BCUT2D eigenvalue weighted by Crippen LogP contribution is 2.28. The Morgan fingerprint density at radius 3 is 2.94 bits per heavy atom. The Morgan fingerprint density at radius 2 is 2.33 bits per heavy atom. The number of carbonyl (C=O) groups is 1. The molecule has 8 heteroatoms. The molecular weight excluding hydrogens is 320 g/mol. The van der Waals surface area contributed by atoms with Crippen molar-refractivity contribution in [1.29, 1.82) is 0 Å². The Bertz CT molecular complexity index is 587. The number of carboxylic acids is 1. The molecule has 0 spiro atoms. The lowest BCUT2D eigenvalue weighted by atomic mass is 10.2. The van der Waals surface area contributed by atoms with E-state index in [0.29, 0.717) is 16.5 Å². The molecule has 0 bridgehead atoms. The summed E-state index contributed by atoms with van der Waals surface area (Å²) < 4.78 is 0.835. The molecule has 0 unspecified atom stereocenters. The molecule has 6 nitrogen and oxygen atoms in total. The molecule has 0 aliphatic heterocycles. The number of nitrogens with zero attached hydrogens (tertiary/aromatic N) is 4. The molecule has 0 amide bonds. The monoisotopic (exact) mass is 328 g/mol. The van der Waals surface area contributed by atoms with Crippen molar-refractivity contribution in [1.82, 2.24) is 20.2 Å². The third kappa shape index (κ3) is 3.08. The SMILES string of the molecule is Cn1nnc(CSc2cc(Br)ccc2C(=O)O)n1. The second-order valence-electron chi connectivity index (χ2n) is 3.43. The number of hydrogen-bond donors (Lipinski definition) is 1. The highest BCUT2D eigenvalue weighted by molar-refractivity contribution is 9.10. The van der Waals surface area contributed by atoms with Gasteiger partial charge in [-0.05, 0) is 23.4 Å². The standard InChI is InChI=1S/C10H9BrN4O2S/c1-15-13-9(12-14-15)5-18-8-4-6(11)2-3-7(8)10(16)17/h2-4H,5H2,1H3,(H,16,17). The molecular formula is C10H9BrN4O2S. The van der Waals surface area contributed by atoms with Crippen molar-refractivity contribution in [2.24, 2.45) is 7.05 Å². The van der Waals surface area contributed by atoms with Gasteiger partial charge in [-0.1, -0.05) is 15.9 Å². The van der Waals surface area contributed by atoms with Crippen LogP contribution >= 0.6 is 27.7 Å². The van der Waals surface area contributed by atoms with E-state index in [1.807, 2.05) is 0 Å². The van der Waals surface area contributed by atoms with E-state index in [4.69, 9.17) is 5.11 Å². The van der Waals surface area contributed by atoms with Crippen molar-refractivity contribution in [2.75, 3.05) is 0 Å². The van der Waals surface area contributed by atoms with E-state index in [1.54, 1.807) is 25.2 Å². The molecule has 2 aromatic rings. The van der Waals surface area contributed by atoms with Gasteiger partial charge in [0.1, 0.15) is 0 Å². The van der Waals surface area contributed by atoms with Crippen LogP contribution in [0.1, 0.15) is 16.2 Å². The summed E-state index contributed by atoms with van der Waals surface area (Å²) in [5.41, 5.74) is 0.270. The van der Waals surface area contributed by atoms with Crippen LogP contribution in [0.15, 0.2) is 27.6 Å². The van der Waals surface area contributed by atoms with E-state index < -0.39 is 5.97 Å². The molecule has 0 saturated carbocycles. The Balaban J connectivity index is 2.17. The molecule has 0 aliphatic carbocycles. The number of tetrazole rings is 1. The minimum atomic E-state index is -0.947. The molecule has 1 aromatic carbocycles. The van der Waals surface area contributed by atoms with E-state index in [9.17, 15) is 4.79 Å². The van der Waals surface area contributed by atoms with E-state index in [-0.39, 0.29) is 5.56 Å². The van der Waals surface area contributed by atoms with E-state index in [1.165, 1.54) is 16.6 Å². The third-order valence-electron chi connectivity index (χ3n) is 2.08. The molecule has 0 fully saturated rings. The number of carboxylic acid groups (broad SMARTS) is 1. The van der Waals surface area contributed by atoms with Crippen LogP contribution < -0.4 is 0 Å². The van der Waals surface area contributed by atoms with Crippen LogP contribution in [0.4, 0.5) is 0 Å². The summed E-state index contributed by atoms with van der Waals surface area (Å²) in [4.78, 5) is 13.1. The van der Waals surface area contributed by atoms with E-state index >= 15 is 0 Å². The second kappa shape index (κ2) is 5.49. The summed E-state index contributed by atoms with van der Waals surface area (Å²) in [5, 5.41) is 20.7. The van der Waals surface area contributed by atoms with Gasteiger partial charge in [0.2, 0.25) is 0 Å². The smallest absolute Gasteiger partial charge is 0.336 e. The van der Waals surface area contributed by atoms with E-state index in [0.717, 1.165) is 4.47 Å². The zero-order valence-corrected chi connectivity index (χ0v) is 11.8.